The molecule has 1 saturated heterocycles. The number of urea groups is 1. The molecule has 0 unspecified atom stereocenters. The molecule has 4 rings (SSSR count). The minimum atomic E-state index is -0.158. The van der Waals surface area contributed by atoms with E-state index in [2.05, 4.69) is 44.0 Å². The molecule has 6 nitrogen and oxygen atoms in total. The zero-order valence-electron chi connectivity index (χ0n) is 17.3. The van der Waals surface area contributed by atoms with Crippen LogP contribution in [-0.4, -0.2) is 38.9 Å². The second kappa shape index (κ2) is 8.86. The van der Waals surface area contributed by atoms with Crippen molar-refractivity contribution in [2.75, 3.05) is 26.1 Å². The summed E-state index contributed by atoms with van der Waals surface area (Å²) >= 11 is 3.43. The molecule has 2 amide bonds. The second-order valence-corrected chi connectivity index (χ2v) is 8.98. The highest BCUT2D eigenvalue weighted by molar-refractivity contribution is 9.10. The smallest absolute Gasteiger partial charge is 0.319 e. The summed E-state index contributed by atoms with van der Waals surface area (Å²) in [6.45, 7) is 0.982. The molecule has 0 spiro atoms. The SMILES string of the molecule is COc1ccc([C@@]23CCN[C@@H]2C[C@@H](NC(=O)Nc2cccc(Br)c2)CC3)cc1OC. The molecular weight excluding hydrogens is 446 g/mol. The molecule has 2 fully saturated rings. The van der Waals surface area contributed by atoms with Crippen molar-refractivity contribution in [3.8, 4) is 11.5 Å². The molecule has 1 heterocycles. The summed E-state index contributed by atoms with van der Waals surface area (Å²) in [5, 5.41) is 9.76. The van der Waals surface area contributed by atoms with Crippen molar-refractivity contribution in [3.63, 3.8) is 0 Å². The van der Waals surface area contributed by atoms with Crippen LogP contribution in [0.5, 0.6) is 11.5 Å². The predicted molar refractivity (Wildman–Crippen MR) is 122 cm³/mol. The van der Waals surface area contributed by atoms with Crippen molar-refractivity contribution in [3.05, 3.63) is 52.5 Å². The molecule has 160 valence electrons. The maximum atomic E-state index is 12.5. The Kier molecular flexibility index (Phi) is 6.20. The first-order valence-electron chi connectivity index (χ1n) is 10.3. The van der Waals surface area contributed by atoms with Gasteiger partial charge in [-0.1, -0.05) is 28.1 Å². The first-order chi connectivity index (χ1) is 14.5. The Morgan fingerprint density at radius 1 is 1.13 bits per heavy atom. The minimum Gasteiger partial charge on any atom is -0.493 e. The molecule has 3 N–H and O–H groups in total. The number of hydrogen-bond donors (Lipinski definition) is 3. The number of carbonyl (C=O) groups is 1. The number of halogens is 1. The number of anilines is 1. The molecule has 2 aromatic rings. The Bertz CT molecular complexity index is 922. The lowest BCUT2D eigenvalue weighted by Crippen LogP contribution is -2.52. The van der Waals surface area contributed by atoms with Crippen LogP contribution in [0.2, 0.25) is 0 Å². The molecule has 0 aromatic heterocycles. The lowest BCUT2D eigenvalue weighted by atomic mass is 9.65. The van der Waals surface area contributed by atoms with Crippen LogP contribution in [0.15, 0.2) is 46.9 Å². The van der Waals surface area contributed by atoms with Crippen LogP contribution in [0.3, 0.4) is 0 Å². The van der Waals surface area contributed by atoms with Crippen molar-refractivity contribution < 1.29 is 14.3 Å². The number of fused-ring (bicyclic) bond motifs is 1. The Labute approximate surface area is 185 Å². The Hall–Kier alpha value is -2.25. The summed E-state index contributed by atoms with van der Waals surface area (Å²) in [6.07, 6.45) is 3.95. The van der Waals surface area contributed by atoms with E-state index in [0.29, 0.717) is 6.04 Å². The predicted octanol–water partition coefficient (Wildman–Crippen LogP) is 4.44. The van der Waals surface area contributed by atoms with Gasteiger partial charge in [-0.05, 0) is 68.1 Å². The monoisotopic (exact) mass is 473 g/mol. The third-order valence-corrected chi connectivity index (χ3v) is 6.96. The van der Waals surface area contributed by atoms with Gasteiger partial charge in [0.25, 0.3) is 0 Å². The van der Waals surface area contributed by atoms with Crippen LogP contribution < -0.4 is 25.4 Å². The molecule has 0 bridgehead atoms. The summed E-state index contributed by atoms with van der Waals surface area (Å²) in [6, 6.07) is 14.2. The number of rotatable bonds is 5. The maximum absolute atomic E-state index is 12.5. The molecule has 1 aliphatic carbocycles. The van der Waals surface area contributed by atoms with Gasteiger partial charge in [0.15, 0.2) is 11.5 Å². The fourth-order valence-corrected chi connectivity index (χ4v) is 5.37. The molecule has 0 radical (unpaired) electrons. The highest BCUT2D eigenvalue weighted by Crippen LogP contribution is 2.47. The van der Waals surface area contributed by atoms with E-state index in [0.717, 1.165) is 53.9 Å². The van der Waals surface area contributed by atoms with Crippen LogP contribution in [-0.2, 0) is 5.41 Å². The number of hydrogen-bond acceptors (Lipinski definition) is 4. The summed E-state index contributed by atoms with van der Waals surface area (Å²) in [4.78, 5) is 12.5. The lowest BCUT2D eigenvalue weighted by Gasteiger charge is -2.43. The molecule has 1 saturated carbocycles. The Morgan fingerprint density at radius 2 is 1.97 bits per heavy atom. The molecule has 2 aromatic carbocycles. The van der Waals surface area contributed by atoms with Crippen molar-refractivity contribution in [2.45, 2.75) is 43.2 Å². The number of benzene rings is 2. The van der Waals surface area contributed by atoms with E-state index in [4.69, 9.17) is 9.47 Å². The van der Waals surface area contributed by atoms with Crippen LogP contribution in [0.25, 0.3) is 0 Å². The van der Waals surface area contributed by atoms with Gasteiger partial charge < -0.3 is 25.4 Å². The van der Waals surface area contributed by atoms with Crippen molar-refractivity contribution in [1.29, 1.82) is 0 Å². The van der Waals surface area contributed by atoms with Crippen LogP contribution >= 0.6 is 15.9 Å². The molecule has 2 aliphatic rings. The number of methoxy groups -OCH3 is 2. The average molecular weight is 474 g/mol. The van der Waals surface area contributed by atoms with Gasteiger partial charge in [-0.2, -0.15) is 0 Å². The fourth-order valence-electron chi connectivity index (χ4n) is 4.97. The quantitative estimate of drug-likeness (QED) is 0.600. The lowest BCUT2D eigenvalue weighted by molar-refractivity contribution is 0.213. The zero-order valence-corrected chi connectivity index (χ0v) is 18.9. The number of nitrogens with one attached hydrogen (secondary N) is 3. The minimum absolute atomic E-state index is 0.0680. The molecule has 30 heavy (non-hydrogen) atoms. The van der Waals surface area contributed by atoms with E-state index in [-0.39, 0.29) is 17.5 Å². The van der Waals surface area contributed by atoms with E-state index in [9.17, 15) is 4.79 Å². The molecule has 3 atom stereocenters. The van der Waals surface area contributed by atoms with Gasteiger partial charge in [-0.25, -0.2) is 4.79 Å². The topological polar surface area (TPSA) is 71.6 Å². The van der Waals surface area contributed by atoms with Crippen molar-refractivity contribution in [1.82, 2.24) is 10.6 Å². The first kappa shape index (κ1) is 21.0. The van der Waals surface area contributed by atoms with Crippen molar-refractivity contribution in [2.24, 2.45) is 0 Å². The van der Waals surface area contributed by atoms with E-state index in [1.807, 2.05) is 30.3 Å². The van der Waals surface area contributed by atoms with Gasteiger partial charge in [0.05, 0.1) is 14.2 Å². The summed E-state index contributed by atoms with van der Waals surface area (Å²) in [5.41, 5.74) is 2.13. The van der Waals surface area contributed by atoms with Crippen LogP contribution in [0.4, 0.5) is 10.5 Å². The van der Waals surface area contributed by atoms with Crippen LogP contribution in [0, 0.1) is 0 Å². The van der Waals surface area contributed by atoms with Gasteiger partial charge in [0.2, 0.25) is 0 Å². The fraction of sp³-hybridized carbons (Fsp3) is 0.435. The zero-order chi connectivity index (χ0) is 21.1. The van der Waals surface area contributed by atoms with Gasteiger partial charge in [0, 0.05) is 27.7 Å². The number of carbonyl (C=O) groups excluding carboxylic acids is 1. The second-order valence-electron chi connectivity index (χ2n) is 8.06. The average Bonchev–Trinajstić information content (AvgIpc) is 3.17. The number of ether oxygens (including phenoxy) is 2. The van der Waals surface area contributed by atoms with Gasteiger partial charge in [0.1, 0.15) is 0 Å². The van der Waals surface area contributed by atoms with Crippen LogP contribution in [0.1, 0.15) is 31.2 Å². The Balaban J connectivity index is 1.44. The third-order valence-electron chi connectivity index (χ3n) is 6.46. The molecular formula is C23H28BrN3O3. The Morgan fingerprint density at radius 3 is 2.73 bits per heavy atom. The standard InChI is InChI=1S/C23H28BrN3O3/c1-29-19-7-6-15(12-20(19)30-2)23-9-8-18(14-21(23)25-11-10-23)27-22(28)26-17-5-3-4-16(24)13-17/h3-7,12-13,18,21,25H,8-11,14H2,1-2H3,(H2,26,27,28)/t18-,21+,23+/m0/s1. The van der Waals surface area contributed by atoms with Gasteiger partial charge in [-0.3, -0.25) is 0 Å². The van der Waals surface area contributed by atoms with E-state index >= 15 is 0 Å². The number of amides is 2. The van der Waals surface area contributed by atoms with Crippen molar-refractivity contribution >= 4 is 27.6 Å². The van der Waals surface area contributed by atoms with E-state index in [1.54, 1.807) is 14.2 Å². The van der Waals surface area contributed by atoms with Gasteiger partial charge in [-0.15, -0.1) is 0 Å². The maximum Gasteiger partial charge on any atom is 0.319 e. The highest BCUT2D eigenvalue weighted by Gasteiger charge is 2.48. The summed E-state index contributed by atoms with van der Waals surface area (Å²) in [7, 11) is 3.33. The normalized spacial score (nSPS) is 25.3. The molecule has 7 heteroatoms. The summed E-state index contributed by atoms with van der Waals surface area (Å²) < 4.78 is 11.9. The first-order valence-corrected chi connectivity index (χ1v) is 11.1. The van der Waals surface area contributed by atoms with E-state index < -0.39 is 0 Å². The van der Waals surface area contributed by atoms with Gasteiger partial charge >= 0.3 is 6.03 Å². The largest absolute Gasteiger partial charge is 0.493 e. The van der Waals surface area contributed by atoms with E-state index in [1.165, 1.54) is 5.56 Å². The summed E-state index contributed by atoms with van der Waals surface area (Å²) in [5.74, 6) is 1.52. The third kappa shape index (κ3) is 4.14. The molecule has 1 aliphatic heterocycles. The highest BCUT2D eigenvalue weighted by atomic mass is 79.9.